The highest BCUT2D eigenvalue weighted by atomic mass is 79.9. The van der Waals surface area contributed by atoms with Gasteiger partial charge in [0.05, 0.1) is 7.11 Å². The number of halogens is 1. The maximum Gasteiger partial charge on any atom is 0.262 e. The van der Waals surface area contributed by atoms with Crippen molar-refractivity contribution in [1.82, 2.24) is 5.32 Å². The minimum Gasteiger partial charge on any atom is -0.493 e. The molecular formula is C21H17BrN2O3. The third-order valence-electron chi connectivity index (χ3n) is 3.55. The molecule has 0 saturated carbocycles. The number of amides is 1. The van der Waals surface area contributed by atoms with E-state index in [1.54, 1.807) is 12.1 Å². The van der Waals surface area contributed by atoms with Crippen molar-refractivity contribution in [2.45, 2.75) is 6.54 Å². The summed E-state index contributed by atoms with van der Waals surface area (Å²) in [7, 11) is 1.50. The molecule has 0 unspecified atom stereocenters. The van der Waals surface area contributed by atoms with E-state index in [0.717, 1.165) is 5.56 Å². The molecule has 27 heavy (non-hydrogen) atoms. The lowest BCUT2D eigenvalue weighted by Crippen LogP contribution is -2.23. The van der Waals surface area contributed by atoms with Gasteiger partial charge in [-0.3, -0.25) is 4.79 Å². The molecule has 1 N–H and O–H groups in total. The fourth-order valence-electron chi connectivity index (χ4n) is 2.23. The number of hydrogen-bond donors (Lipinski definition) is 1. The first-order valence-corrected chi connectivity index (χ1v) is 8.76. The Hall–Kier alpha value is -3.22. The van der Waals surface area contributed by atoms with Crippen molar-refractivity contribution in [2.75, 3.05) is 13.7 Å². The predicted molar refractivity (Wildman–Crippen MR) is 107 cm³/mol. The molecule has 0 fully saturated rings. The van der Waals surface area contributed by atoms with Crippen LogP contribution in [0.3, 0.4) is 0 Å². The molecule has 2 aromatic carbocycles. The fourth-order valence-corrected chi connectivity index (χ4v) is 2.67. The lowest BCUT2D eigenvalue weighted by Gasteiger charge is -2.11. The number of nitrogens with one attached hydrogen (secondary N) is 1. The zero-order chi connectivity index (χ0) is 19.6. The van der Waals surface area contributed by atoms with Crippen LogP contribution in [0.5, 0.6) is 11.5 Å². The van der Waals surface area contributed by atoms with Crippen LogP contribution in [-0.4, -0.2) is 19.6 Å². The first-order valence-electron chi connectivity index (χ1n) is 7.96. The normalized spacial score (nSPS) is 10.4. The minimum absolute atomic E-state index is 0.0222. The van der Waals surface area contributed by atoms with Gasteiger partial charge in [0.15, 0.2) is 11.5 Å². The van der Waals surface area contributed by atoms with Gasteiger partial charge < -0.3 is 14.8 Å². The highest BCUT2D eigenvalue weighted by molar-refractivity contribution is 9.10. The standard InChI is InChI=1S/C21H17BrN2O3/c1-3-9-27-20-12-18(22)16(11-19(20)26-2)10-17(13-23)21(25)24-14-15-7-5-4-6-8-15/h1,4-8,10-12H,9,14H2,2H3,(H,24,25). The summed E-state index contributed by atoms with van der Waals surface area (Å²) in [6.07, 6.45) is 6.69. The Morgan fingerprint density at radius 3 is 2.67 bits per heavy atom. The summed E-state index contributed by atoms with van der Waals surface area (Å²) in [6.45, 7) is 0.436. The SMILES string of the molecule is C#CCOc1cc(Br)c(C=C(C#N)C(=O)NCc2ccccc2)cc1OC. The molecule has 1 amide bonds. The molecule has 0 heterocycles. The van der Waals surface area contributed by atoms with E-state index < -0.39 is 5.91 Å². The molecule has 0 aromatic heterocycles. The van der Waals surface area contributed by atoms with Gasteiger partial charge in [-0.1, -0.05) is 52.2 Å². The van der Waals surface area contributed by atoms with E-state index in [2.05, 4.69) is 27.2 Å². The Kier molecular flexibility index (Phi) is 7.49. The van der Waals surface area contributed by atoms with Gasteiger partial charge in [0.2, 0.25) is 0 Å². The second-order valence-electron chi connectivity index (χ2n) is 5.36. The van der Waals surface area contributed by atoms with Crippen molar-refractivity contribution in [3.8, 4) is 29.9 Å². The third-order valence-corrected chi connectivity index (χ3v) is 4.24. The Morgan fingerprint density at radius 2 is 2.04 bits per heavy atom. The highest BCUT2D eigenvalue weighted by Gasteiger charge is 2.13. The van der Waals surface area contributed by atoms with Gasteiger partial charge in [-0.05, 0) is 29.3 Å². The molecule has 6 heteroatoms. The average molecular weight is 425 g/mol. The smallest absolute Gasteiger partial charge is 0.262 e. The first-order chi connectivity index (χ1) is 13.1. The Balaban J connectivity index is 2.22. The maximum absolute atomic E-state index is 12.3. The highest BCUT2D eigenvalue weighted by Crippen LogP contribution is 2.34. The zero-order valence-corrected chi connectivity index (χ0v) is 16.2. The monoisotopic (exact) mass is 424 g/mol. The quantitative estimate of drug-likeness (QED) is 0.417. The van der Waals surface area contributed by atoms with E-state index >= 15 is 0 Å². The van der Waals surface area contributed by atoms with Gasteiger partial charge in [-0.2, -0.15) is 5.26 Å². The summed E-state index contributed by atoms with van der Waals surface area (Å²) in [6, 6.07) is 14.7. The van der Waals surface area contributed by atoms with Gasteiger partial charge in [-0.15, -0.1) is 6.42 Å². The number of hydrogen-bond acceptors (Lipinski definition) is 4. The Labute approximate surface area is 166 Å². The van der Waals surface area contributed by atoms with Crippen molar-refractivity contribution in [2.24, 2.45) is 0 Å². The number of nitriles is 1. The molecular weight excluding hydrogens is 408 g/mol. The van der Waals surface area contributed by atoms with E-state index in [1.165, 1.54) is 13.2 Å². The van der Waals surface area contributed by atoms with Crippen LogP contribution in [0.25, 0.3) is 6.08 Å². The van der Waals surface area contributed by atoms with Crippen molar-refractivity contribution in [1.29, 1.82) is 5.26 Å². The zero-order valence-electron chi connectivity index (χ0n) is 14.7. The number of carbonyl (C=O) groups excluding carboxylic acids is 1. The van der Waals surface area contributed by atoms with E-state index in [-0.39, 0.29) is 12.2 Å². The predicted octanol–water partition coefficient (Wildman–Crippen LogP) is 3.69. The van der Waals surface area contributed by atoms with Crippen LogP contribution in [0.15, 0.2) is 52.5 Å². The molecule has 0 aliphatic rings. The van der Waals surface area contributed by atoms with E-state index in [1.807, 2.05) is 36.4 Å². The summed E-state index contributed by atoms with van der Waals surface area (Å²) in [5.74, 6) is 2.84. The van der Waals surface area contributed by atoms with Crippen LogP contribution in [0.4, 0.5) is 0 Å². The third kappa shape index (κ3) is 5.64. The topological polar surface area (TPSA) is 71.3 Å². The molecule has 5 nitrogen and oxygen atoms in total. The number of rotatable bonds is 7. The lowest BCUT2D eigenvalue weighted by molar-refractivity contribution is -0.117. The number of nitrogens with zero attached hydrogens (tertiary/aromatic N) is 1. The number of methoxy groups -OCH3 is 1. The maximum atomic E-state index is 12.3. The van der Waals surface area contributed by atoms with Crippen LogP contribution in [0.2, 0.25) is 0 Å². The van der Waals surface area contributed by atoms with Gasteiger partial charge in [-0.25, -0.2) is 0 Å². The molecule has 0 atom stereocenters. The van der Waals surface area contributed by atoms with Gasteiger partial charge >= 0.3 is 0 Å². The summed E-state index contributed by atoms with van der Waals surface area (Å²) in [5.41, 5.74) is 1.53. The second kappa shape index (κ2) is 10.1. The molecule has 0 spiro atoms. The average Bonchev–Trinajstić information content (AvgIpc) is 2.70. The van der Waals surface area contributed by atoms with Crippen LogP contribution in [0, 0.1) is 23.7 Å². The van der Waals surface area contributed by atoms with E-state index in [4.69, 9.17) is 15.9 Å². The number of carbonyl (C=O) groups is 1. The van der Waals surface area contributed by atoms with Crippen LogP contribution in [-0.2, 0) is 11.3 Å². The molecule has 0 aliphatic carbocycles. The van der Waals surface area contributed by atoms with E-state index in [0.29, 0.717) is 28.1 Å². The summed E-state index contributed by atoms with van der Waals surface area (Å²) < 4.78 is 11.4. The van der Waals surface area contributed by atoms with Crippen LogP contribution in [0.1, 0.15) is 11.1 Å². The molecule has 2 aromatic rings. The summed E-state index contributed by atoms with van der Waals surface area (Å²) in [4.78, 5) is 12.3. The van der Waals surface area contributed by atoms with Crippen molar-refractivity contribution < 1.29 is 14.3 Å². The van der Waals surface area contributed by atoms with Crippen molar-refractivity contribution in [3.63, 3.8) is 0 Å². The van der Waals surface area contributed by atoms with Crippen molar-refractivity contribution >= 4 is 27.9 Å². The van der Waals surface area contributed by atoms with Gasteiger partial charge in [0.25, 0.3) is 5.91 Å². The summed E-state index contributed by atoms with van der Waals surface area (Å²) in [5, 5.41) is 12.1. The molecule has 0 bridgehead atoms. The molecule has 136 valence electrons. The van der Waals surface area contributed by atoms with Crippen LogP contribution < -0.4 is 14.8 Å². The number of terminal acetylenes is 1. The largest absolute Gasteiger partial charge is 0.493 e. The fraction of sp³-hybridized carbons (Fsp3) is 0.143. The summed E-state index contributed by atoms with van der Waals surface area (Å²) >= 11 is 3.41. The second-order valence-corrected chi connectivity index (χ2v) is 6.21. The minimum atomic E-state index is -0.458. The molecule has 2 rings (SSSR count). The molecule has 0 saturated heterocycles. The lowest BCUT2D eigenvalue weighted by atomic mass is 10.1. The number of ether oxygens (including phenoxy) is 2. The Bertz CT molecular complexity index is 925. The first kappa shape index (κ1) is 20.1. The van der Waals surface area contributed by atoms with Gasteiger partial charge in [0.1, 0.15) is 18.2 Å². The van der Waals surface area contributed by atoms with Crippen molar-refractivity contribution in [3.05, 3.63) is 63.6 Å². The van der Waals surface area contributed by atoms with E-state index in [9.17, 15) is 10.1 Å². The Morgan fingerprint density at radius 1 is 1.30 bits per heavy atom. The number of benzene rings is 2. The van der Waals surface area contributed by atoms with Crippen LogP contribution >= 0.6 is 15.9 Å². The van der Waals surface area contributed by atoms with Gasteiger partial charge in [0, 0.05) is 11.0 Å². The molecule has 0 radical (unpaired) electrons. The molecule has 0 aliphatic heterocycles.